The van der Waals surface area contributed by atoms with Crippen molar-refractivity contribution in [1.29, 1.82) is 0 Å². The van der Waals surface area contributed by atoms with Crippen LogP contribution in [0.2, 0.25) is 0 Å². The molecule has 1 aliphatic heterocycles. The van der Waals surface area contributed by atoms with Crippen molar-refractivity contribution in [2.24, 2.45) is 0 Å². The summed E-state index contributed by atoms with van der Waals surface area (Å²) in [6, 6.07) is 12.0. The number of carbonyl (C=O) groups is 1. The Labute approximate surface area is 157 Å². The summed E-state index contributed by atoms with van der Waals surface area (Å²) in [5.74, 6) is -0.686. The van der Waals surface area contributed by atoms with Crippen molar-refractivity contribution in [3.05, 3.63) is 59.2 Å². The quantitative estimate of drug-likeness (QED) is 0.816. The first kappa shape index (κ1) is 19.3. The monoisotopic (exact) mass is 394 g/mol. The van der Waals surface area contributed by atoms with Gasteiger partial charge in [0.2, 0.25) is 15.9 Å². The minimum absolute atomic E-state index is 0.124. The normalized spacial score (nSPS) is 14.4. The van der Waals surface area contributed by atoms with E-state index in [4.69, 9.17) is 0 Å². The highest BCUT2D eigenvalue weighted by Gasteiger charge is 2.30. The van der Waals surface area contributed by atoms with E-state index >= 15 is 0 Å². The summed E-state index contributed by atoms with van der Waals surface area (Å²) < 4.78 is 53.6. The molecule has 144 valence electrons. The number of rotatable bonds is 6. The van der Waals surface area contributed by atoms with Gasteiger partial charge in [-0.2, -0.15) is 0 Å². The Kier molecular flexibility index (Phi) is 5.46. The molecule has 1 N–H and O–H groups in total. The fraction of sp³-hybridized carbons (Fsp3) is 0.316. The van der Waals surface area contributed by atoms with E-state index < -0.39 is 28.9 Å². The number of fused-ring (bicyclic) bond motifs is 1. The van der Waals surface area contributed by atoms with E-state index in [0.29, 0.717) is 17.5 Å². The van der Waals surface area contributed by atoms with Crippen LogP contribution in [0.25, 0.3) is 0 Å². The van der Waals surface area contributed by atoms with E-state index in [0.717, 1.165) is 10.5 Å². The summed E-state index contributed by atoms with van der Waals surface area (Å²) in [4.78, 5) is 13.1. The van der Waals surface area contributed by atoms with Crippen molar-refractivity contribution >= 4 is 27.3 Å². The molecule has 0 unspecified atom stereocenters. The van der Waals surface area contributed by atoms with E-state index in [2.05, 4.69) is 4.72 Å². The molecule has 2 aromatic rings. The lowest BCUT2D eigenvalue weighted by atomic mass is 10.00. The Balaban J connectivity index is 1.92. The minimum Gasteiger partial charge on any atom is -0.304 e. The highest BCUT2D eigenvalue weighted by Crippen LogP contribution is 2.36. The Hall–Kier alpha value is -2.48. The average molecular weight is 394 g/mol. The zero-order valence-electron chi connectivity index (χ0n) is 14.8. The number of nitrogens with zero attached hydrogens (tertiary/aromatic N) is 1. The summed E-state index contributed by atoms with van der Waals surface area (Å²) in [5.41, 5.74) is 2.60. The molecule has 0 saturated carbocycles. The highest BCUT2D eigenvalue weighted by molar-refractivity contribution is 7.91. The summed E-state index contributed by atoms with van der Waals surface area (Å²) in [6.45, 7) is 1.10. The number of hydrogen-bond donors (Lipinski definition) is 1. The number of sulfonamides is 1. The van der Waals surface area contributed by atoms with Gasteiger partial charge in [0.15, 0.2) is 0 Å². The second kappa shape index (κ2) is 7.64. The predicted molar refractivity (Wildman–Crippen MR) is 101 cm³/mol. The third-order valence-electron chi connectivity index (χ3n) is 4.32. The van der Waals surface area contributed by atoms with Crippen molar-refractivity contribution < 1.29 is 22.0 Å². The Morgan fingerprint density at radius 3 is 2.59 bits per heavy atom. The molecule has 8 heteroatoms. The van der Waals surface area contributed by atoms with Gasteiger partial charge in [-0.1, -0.05) is 42.0 Å². The van der Waals surface area contributed by atoms with E-state index in [1.54, 1.807) is 30.3 Å². The van der Waals surface area contributed by atoms with Gasteiger partial charge in [0.25, 0.3) is 6.43 Å². The molecule has 5 nitrogen and oxygen atoms in total. The van der Waals surface area contributed by atoms with Crippen molar-refractivity contribution in [2.45, 2.75) is 31.9 Å². The van der Waals surface area contributed by atoms with Crippen LogP contribution in [0.5, 0.6) is 0 Å². The van der Waals surface area contributed by atoms with Crippen LogP contribution >= 0.6 is 0 Å². The number of anilines is 2. The Morgan fingerprint density at radius 1 is 1.15 bits per heavy atom. The standard InChI is InChI=1S/C19H20F2N2O3S/c1-13-4-2-5-14(10-13)12-27(25,26)22-16-7-3-6-15-8-9-18(24)23(19(15)16)11-17(20)21/h2-7,10,17,22H,8-9,11-12H2,1H3. The molecule has 0 radical (unpaired) electrons. The SMILES string of the molecule is Cc1cccc(CS(=O)(=O)Nc2cccc3c2N(CC(F)F)C(=O)CC3)c1. The van der Waals surface area contributed by atoms with Gasteiger partial charge >= 0.3 is 0 Å². The molecule has 27 heavy (non-hydrogen) atoms. The third kappa shape index (κ3) is 4.63. The molecular weight excluding hydrogens is 374 g/mol. The molecule has 0 bridgehead atoms. The summed E-state index contributed by atoms with van der Waals surface area (Å²) in [5, 5.41) is 0. The zero-order chi connectivity index (χ0) is 19.6. The summed E-state index contributed by atoms with van der Waals surface area (Å²) >= 11 is 0. The van der Waals surface area contributed by atoms with E-state index in [1.807, 2.05) is 13.0 Å². The van der Waals surface area contributed by atoms with Crippen LogP contribution in [0.3, 0.4) is 0 Å². The summed E-state index contributed by atoms with van der Waals surface area (Å²) in [6.07, 6.45) is -2.20. The van der Waals surface area contributed by atoms with E-state index in [-0.39, 0.29) is 23.5 Å². The number of para-hydroxylation sites is 1. The number of nitrogens with one attached hydrogen (secondary N) is 1. The Morgan fingerprint density at radius 2 is 1.89 bits per heavy atom. The molecule has 0 saturated heterocycles. The molecule has 1 amide bonds. The largest absolute Gasteiger partial charge is 0.304 e. The van der Waals surface area contributed by atoms with Crippen molar-refractivity contribution in [3.8, 4) is 0 Å². The smallest absolute Gasteiger partial charge is 0.256 e. The maximum absolute atomic E-state index is 12.9. The highest BCUT2D eigenvalue weighted by atomic mass is 32.2. The van der Waals surface area contributed by atoms with Crippen LogP contribution < -0.4 is 9.62 Å². The molecule has 0 aliphatic carbocycles. The topological polar surface area (TPSA) is 66.5 Å². The van der Waals surface area contributed by atoms with Crippen molar-refractivity contribution in [3.63, 3.8) is 0 Å². The lowest BCUT2D eigenvalue weighted by Crippen LogP contribution is -2.39. The fourth-order valence-corrected chi connectivity index (χ4v) is 4.44. The summed E-state index contributed by atoms with van der Waals surface area (Å²) in [7, 11) is -3.78. The van der Waals surface area contributed by atoms with Gasteiger partial charge in [0, 0.05) is 6.42 Å². The number of alkyl halides is 2. The number of amides is 1. The number of carbonyl (C=O) groups excluding carboxylic acids is 1. The predicted octanol–water partition coefficient (Wildman–Crippen LogP) is 3.48. The molecule has 1 aliphatic rings. The van der Waals surface area contributed by atoms with Crippen LogP contribution in [-0.4, -0.2) is 27.3 Å². The van der Waals surface area contributed by atoms with Crippen LogP contribution in [0.1, 0.15) is 23.1 Å². The number of aryl methyl sites for hydroxylation is 2. The van der Waals surface area contributed by atoms with Crippen LogP contribution in [0.4, 0.5) is 20.2 Å². The average Bonchev–Trinajstić information content (AvgIpc) is 2.56. The molecule has 2 aromatic carbocycles. The molecular formula is C19H20F2N2O3S. The Bertz CT molecular complexity index is 961. The van der Waals surface area contributed by atoms with Gasteiger partial charge in [0.1, 0.15) is 0 Å². The lowest BCUT2D eigenvalue weighted by Gasteiger charge is -2.31. The van der Waals surface area contributed by atoms with Crippen LogP contribution in [0.15, 0.2) is 42.5 Å². The maximum atomic E-state index is 12.9. The first-order chi connectivity index (χ1) is 12.7. The first-order valence-electron chi connectivity index (χ1n) is 8.51. The molecule has 0 aromatic heterocycles. The van der Waals surface area contributed by atoms with Gasteiger partial charge in [-0.05, 0) is 30.5 Å². The van der Waals surface area contributed by atoms with Crippen molar-refractivity contribution in [2.75, 3.05) is 16.2 Å². The number of benzene rings is 2. The first-order valence-corrected chi connectivity index (χ1v) is 10.2. The lowest BCUT2D eigenvalue weighted by molar-refractivity contribution is -0.119. The van der Waals surface area contributed by atoms with Crippen molar-refractivity contribution in [1.82, 2.24) is 0 Å². The van der Waals surface area contributed by atoms with E-state index in [1.165, 1.54) is 6.07 Å². The minimum atomic E-state index is -3.78. The maximum Gasteiger partial charge on any atom is 0.256 e. The second-order valence-corrected chi connectivity index (χ2v) is 8.28. The second-order valence-electron chi connectivity index (χ2n) is 6.56. The van der Waals surface area contributed by atoms with Gasteiger partial charge in [0.05, 0.1) is 23.7 Å². The molecule has 0 spiro atoms. The van der Waals surface area contributed by atoms with Gasteiger partial charge in [-0.15, -0.1) is 0 Å². The molecule has 1 heterocycles. The van der Waals surface area contributed by atoms with Gasteiger partial charge < -0.3 is 4.90 Å². The van der Waals surface area contributed by atoms with Gasteiger partial charge in [-0.3, -0.25) is 9.52 Å². The van der Waals surface area contributed by atoms with Gasteiger partial charge in [-0.25, -0.2) is 17.2 Å². The van der Waals surface area contributed by atoms with Crippen LogP contribution in [-0.2, 0) is 27.0 Å². The number of hydrogen-bond acceptors (Lipinski definition) is 3. The third-order valence-corrected chi connectivity index (χ3v) is 5.57. The number of halogens is 2. The molecule has 3 rings (SSSR count). The zero-order valence-corrected chi connectivity index (χ0v) is 15.6. The fourth-order valence-electron chi connectivity index (χ4n) is 3.25. The van der Waals surface area contributed by atoms with Crippen LogP contribution in [0, 0.1) is 6.92 Å². The molecule has 0 atom stereocenters. The van der Waals surface area contributed by atoms with E-state index in [9.17, 15) is 22.0 Å². The molecule has 0 fully saturated rings.